The predicted molar refractivity (Wildman–Crippen MR) is 116 cm³/mol. The SMILES string of the molecule is CCC1=CN(C[C@H]2O[C@H](OCc3cn(CC)nn3)[CH-][C@@H](OS(=O)(=O)[O-])[C@@H]2OS(=O)(=O)[O-])NN1.O=S(=O)([O-])O.[Na+].[Na+].[Na+]. The second-order valence-electron chi connectivity index (χ2n) is 7.37. The molecule has 41 heavy (non-hydrogen) atoms. The fraction of sp³-hybridized carbons (Fsp3) is 0.667. The molecule has 26 heteroatoms. The van der Waals surface area contributed by atoms with Crippen molar-refractivity contribution >= 4 is 31.2 Å². The van der Waals surface area contributed by atoms with Crippen molar-refractivity contribution in [1.82, 2.24) is 31.0 Å². The van der Waals surface area contributed by atoms with Crippen molar-refractivity contribution in [2.24, 2.45) is 0 Å². The molecule has 0 amide bonds. The predicted octanol–water partition coefficient (Wildman–Crippen LogP) is -12.0. The van der Waals surface area contributed by atoms with Gasteiger partial charge in [0.25, 0.3) is 0 Å². The molecule has 20 nitrogen and oxygen atoms in total. The molecule has 0 aromatic carbocycles. The topological polar surface area (TPSA) is 287 Å². The number of hydrazine groups is 2. The Kier molecular flexibility index (Phi) is 20.9. The Balaban J connectivity index is 0. The molecular weight excluding hydrogens is 653 g/mol. The van der Waals surface area contributed by atoms with E-state index in [4.69, 9.17) is 27.0 Å². The molecule has 3 N–H and O–H groups in total. The van der Waals surface area contributed by atoms with Crippen LogP contribution in [0.4, 0.5) is 0 Å². The van der Waals surface area contributed by atoms with Crippen LogP contribution in [0, 0.1) is 6.42 Å². The Labute approximate surface area is 303 Å². The third kappa shape index (κ3) is 18.5. The van der Waals surface area contributed by atoms with Crippen LogP contribution in [0.25, 0.3) is 0 Å². The van der Waals surface area contributed by atoms with E-state index in [9.17, 15) is 25.9 Å². The van der Waals surface area contributed by atoms with Crippen LogP contribution in [-0.2, 0) is 62.2 Å². The normalized spacial score (nSPS) is 22.6. The summed E-state index contributed by atoms with van der Waals surface area (Å²) in [6, 6.07) is 0. The molecule has 0 radical (unpaired) electrons. The third-order valence-corrected chi connectivity index (χ3v) is 5.45. The van der Waals surface area contributed by atoms with E-state index >= 15 is 0 Å². The van der Waals surface area contributed by atoms with Crippen molar-refractivity contribution in [2.45, 2.75) is 58.0 Å². The van der Waals surface area contributed by atoms with Crippen molar-refractivity contribution < 1.29 is 150 Å². The van der Waals surface area contributed by atoms with Gasteiger partial charge in [-0.2, -0.15) is 0 Å². The van der Waals surface area contributed by atoms with Gasteiger partial charge in [0.2, 0.25) is 31.2 Å². The minimum Gasteiger partial charge on any atom is -0.726 e. The van der Waals surface area contributed by atoms with Crippen LogP contribution in [0.5, 0.6) is 0 Å². The average Bonchev–Trinajstić information content (AvgIpc) is 3.40. The quantitative estimate of drug-likeness (QED) is 0.0848. The van der Waals surface area contributed by atoms with Gasteiger partial charge in [-0.1, -0.05) is 12.1 Å². The minimum absolute atomic E-state index is 0. The van der Waals surface area contributed by atoms with Gasteiger partial charge >= 0.3 is 88.7 Å². The van der Waals surface area contributed by atoms with Crippen LogP contribution >= 0.6 is 0 Å². The van der Waals surface area contributed by atoms with Crippen LogP contribution in [-0.4, -0.2) is 94.6 Å². The largest absolute Gasteiger partial charge is 1.00 e. The molecule has 0 aliphatic carbocycles. The molecule has 3 heterocycles. The van der Waals surface area contributed by atoms with E-state index in [0.717, 1.165) is 12.1 Å². The molecular formula is C15H24N6Na3O14S3-. The molecule has 1 fully saturated rings. The monoisotopic (exact) mass is 677 g/mol. The average molecular weight is 678 g/mol. The summed E-state index contributed by atoms with van der Waals surface area (Å²) in [5.74, 6) is 0. The summed E-state index contributed by atoms with van der Waals surface area (Å²) in [4.78, 5) is 0. The molecule has 3 rings (SSSR count). The molecule has 0 bridgehead atoms. The zero-order chi connectivity index (χ0) is 28.7. The van der Waals surface area contributed by atoms with Crippen molar-refractivity contribution in [2.75, 3.05) is 6.54 Å². The summed E-state index contributed by atoms with van der Waals surface area (Å²) in [6.45, 7) is 4.06. The van der Waals surface area contributed by atoms with E-state index in [1.165, 1.54) is 5.01 Å². The smallest absolute Gasteiger partial charge is 0.726 e. The maximum Gasteiger partial charge on any atom is 1.00 e. The van der Waals surface area contributed by atoms with E-state index in [2.05, 4.69) is 29.6 Å². The molecule has 4 atom stereocenters. The standard InChI is InChI=1S/C15H25N6O10S2.3Na.H2O4S/c1-3-10-6-21(19-16-10)8-13-15(31-33(25,26)27)12(30-32(22,23)24)5-14(29-13)28-9-11-7-20(4-2)18-17-11;;;;1-5(2,3)4/h5-7,12-16,19H,3-4,8-9H2,1-2H3,(H,22,23,24)(H,25,26,27);;;;(H2,1,2,3,4)/q-1;3*+1;/p-3/t12-,13-,14+,15+;;;;/m1..../s1. The van der Waals surface area contributed by atoms with E-state index in [0.29, 0.717) is 18.7 Å². The van der Waals surface area contributed by atoms with Gasteiger partial charge in [0.1, 0.15) is 17.9 Å². The molecule has 1 aromatic rings. The Hall–Kier alpha value is 0.970. The Morgan fingerprint density at radius 2 is 1.66 bits per heavy atom. The van der Waals surface area contributed by atoms with E-state index in [1.807, 2.05) is 13.8 Å². The first-order valence-corrected chi connectivity index (χ1v) is 14.5. The van der Waals surface area contributed by atoms with Crippen LogP contribution in [0.15, 0.2) is 18.1 Å². The van der Waals surface area contributed by atoms with Crippen molar-refractivity contribution in [3.63, 3.8) is 0 Å². The van der Waals surface area contributed by atoms with E-state index < -0.39 is 55.8 Å². The number of nitrogens with zero attached hydrogens (tertiary/aromatic N) is 4. The molecule has 1 saturated heterocycles. The summed E-state index contributed by atoms with van der Waals surface area (Å²) in [7, 11) is -15.6. The minimum atomic E-state index is -5.33. The number of nitrogens with one attached hydrogen (secondary N) is 2. The Morgan fingerprint density at radius 1 is 1.07 bits per heavy atom. The molecule has 0 spiro atoms. The van der Waals surface area contributed by atoms with Gasteiger partial charge in [-0.15, -0.1) is 10.6 Å². The number of aryl methyl sites for hydroxylation is 1. The fourth-order valence-corrected chi connectivity index (χ4v) is 4.03. The fourth-order valence-electron chi connectivity index (χ4n) is 3.08. The van der Waals surface area contributed by atoms with Crippen molar-refractivity contribution in [1.29, 1.82) is 0 Å². The molecule has 0 saturated carbocycles. The molecule has 220 valence electrons. The third-order valence-electron chi connectivity index (χ3n) is 4.54. The molecule has 2 aliphatic rings. The van der Waals surface area contributed by atoms with Crippen molar-refractivity contribution in [3.05, 3.63) is 30.2 Å². The maximum absolute atomic E-state index is 11.3. The number of rotatable bonds is 11. The van der Waals surface area contributed by atoms with E-state index in [-0.39, 0.29) is 102 Å². The summed E-state index contributed by atoms with van der Waals surface area (Å²) in [5.41, 5.74) is 6.84. The summed E-state index contributed by atoms with van der Waals surface area (Å²) >= 11 is 0. The van der Waals surface area contributed by atoms with Crippen LogP contribution in [0.1, 0.15) is 26.0 Å². The van der Waals surface area contributed by atoms with Gasteiger partial charge in [0, 0.05) is 24.7 Å². The van der Waals surface area contributed by atoms with Crippen molar-refractivity contribution in [3.8, 4) is 0 Å². The van der Waals surface area contributed by atoms with Crippen LogP contribution in [0.2, 0.25) is 0 Å². The first-order valence-electron chi connectivity index (χ1n) is 10.4. The zero-order valence-corrected chi connectivity index (χ0v) is 31.1. The second-order valence-corrected chi connectivity index (χ2v) is 10.2. The molecule has 1 aromatic heterocycles. The maximum atomic E-state index is 11.3. The van der Waals surface area contributed by atoms with Gasteiger partial charge in [0.15, 0.2) is 0 Å². The van der Waals surface area contributed by atoms with Gasteiger partial charge in [0.05, 0.1) is 19.3 Å². The summed E-state index contributed by atoms with van der Waals surface area (Å²) < 4.78 is 122. The van der Waals surface area contributed by atoms with Gasteiger partial charge in [-0.05, 0) is 19.4 Å². The van der Waals surface area contributed by atoms with Gasteiger partial charge in [-0.3, -0.25) is 18.4 Å². The number of allylic oxidation sites excluding steroid dienone is 1. The summed E-state index contributed by atoms with van der Waals surface area (Å²) in [5, 5.41) is 9.20. The number of hydrogen-bond donors (Lipinski definition) is 3. The molecule has 0 unspecified atom stereocenters. The van der Waals surface area contributed by atoms with Crippen LogP contribution < -0.4 is 99.6 Å². The first-order chi connectivity index (χ1) is 17.5. The Morgan fingerprint density at radius 3 is 2.12 bits per heavy atom. The summed E-state index contributed by atoms with van der Waals surface area (Å²) in [6.07, 6.45) is -1.28. The molecule has 2 aliphatic heterocycles. The van der Waals surface area contributed by atoms with E-state index in [1.54, 1.807) is 17.1 Å². The van der Waals surface area contributed by atoms with Gasteiger partial charge in [-0.25, -0.2) is 31.7 Å². The van der Waals surface area contributed by atoms with Gasteiger partial charge < -0.3 is 32.7 Å². The first kappa shape index (κ1) is 44.1. The second kappa shape index (κ2) is 19.5. The number of ether oxygens (including phenoxy) is 2. The Bertz CT molecular complexity index is 1280. The number of aromatic nitrogens is 3. The van der Waals surface area contributed by atoms with Crippen LogP contribution in [0.3, 0.4) is 0 Å². The zero-order valence-electron chi connectivity index (χ0n) is 22.6. The number of hydrogen-bond acceptors (Lipinski definition) is 18.